The summed E-state index contributed by atoms with van der Waals surface area (Å²) in [5.74, 6) is -0.870. The Morgan fingerprint density at radius 1 is 1.26 bits per heavy atom. The molecule has 0 heterocycles. The highest BCUT2D eigenvalue weighted by Crippen LogP contribution is 2.26. The Labute approximate surface area is 135 Å². The minimum Gasteiger partial charge on any atom is -0.490 e. The van der Waals surface area contributed by atoms with E-state index in [2.05, 4.69) is 5.32 Å². The summed E-state index contributed by atoms with van der Waals surface area (Å²) in [6.45, 7) is 3.38. The molecular formula is C17H23NO5. The van der Waals surface area contributed by atoms with Crippen LogP contribution in [-0.4, -0.2) is 42.8 Å². The molecule has 1 saturated carbocycles. The standard InChI is InChI=1S/C17H23NO5/c1-2-22-9-10-23-15-6-4-3-5-14(15)16(19)18-13-8-7-12(11-13)17(20)21/h3-6,12-13H,2,7-11H2,1H3,(H,18,19)(H,20,21)/t12-,13+/m0/s1. The van der Waals surface area contributed by atoms with Gasteiger partial charge in [-0.1, -0.05) is 12.1 Å². The van der Waals surface area contributed by atoms with Gasteiger partial charge in [-0.2, -0.15) is 0 Å². The van der Waals surface area contributed by atoms with Crippen LogP contribution >= 0.6 is 0 Å². The number of benzene rings is 1. The first-order valence-electron chi connectivity index (χ1n) is 7.95. The molecular weight excluding hydrogens is 298 g/mol. The number of carbonyl (C=O) groups excluding carboxylic acids is 1. The molecule has 0 spiro atoms. The average Bonchev–Trinajstić information content (AvgIpc) is 3.00. The van der Waals surface area contributed by atoms with Crippen molar-refractivity contribution in [1.82, 2.24) is 5.32 Å². The molecule has 0 aromatic heterocycles. The van der Waals surface area contributed by atoms with Crippen molar-refractivity contribution in [3.05, 3.63) is 29.8 Å². The van der Waals surface area contributed by atoms with Gasteiger partial charge in [-0.25, -0.2) is 0 Å². The summed E-state index contributed by atoms with van der Waals surface area (Å²) in [5, 5.41) is 11.9. The van der Waals surface area contributed by atoms with E-state index in [1.54, 1.807) is 18.2 Å². The second-order valence-electron chi connectivity index (χ2n) is 5.56. The molecule has 2 atom stereocenters. The number of carboxylic acids is 1. The van der Waals surface area contributed by atoms with E-state index in [0.717, 1.165) is 0 Å². The topological polar surface area (TPSA) is 84.9 Å². The molecule has 2 rings (SSSR count). The van der Waals surface area contributed by atoms with Crippen molar-refractivity contribution >= 4 is 11.9 Å². The van der Waals surface area contributed by atoms with Crippen molar-refractivity contribution in [3.8, 4) is 5.75 Å². The summed E-state index contributed by atoms with van der Waals surface area (Å²) >= 11 is 0. The molecule has 6 nitrogen and oxygen atoms in total. The molecule has 1 aliphatic rings. The molecule has 1 fully saturated rings. The van der Waals surface area contributed by atoms with Crippen molar-refractivity contribution in [3.63, 3.8) is 0 Å². The second kappa shape index (κ2) is 8.53. The minimum atomic E-state index is -0.790. The predicted octanol–water partition coefficient (Wildman–Crippen LogP) is 2.08. The Morgan fingerprint density at radius 3 is 2.74 bits per heavy atom. The molecule has 0 unspecified atom stereocenters. The fraction of sp³-hybridized carbons (Fsp3) is 0.529. The largest absolute Gasteiger partial charge is 0.490 e. The van der Waals surface area contributed by atoms with Crippen LogP contribution in [0.2, 0.25) is 0 Å². The highest BCUT2D eigenvalue weighted by molar-refractivity contribution is 5.97. The van der Waals surface area contributed by atoms with Crippen LogP contribution in [0.25, 0.3) is 0 Å². The van der Waals surface area contributed by atoms with Gasteiger partial charge >= 0.3 is 5.97 Å². The van der Waals surface area contributed by atoms with E-state index in [-0.39, 0.29) is 17.9 Å². The molecule has 6 heteroatoms. The van der Waals surface area contributed by atoms with Crippen LogP contribution in [0.4, 0.5) is 0 Å². The molecule has 0 aliphatic heterocycles. The third-order valence-corrected chi connectivity index (χ3v) is 3.94. The summed E-state index contributed by atoms with van der Waals surface area (Å²) in [4.78, 5) is 23.4. The summed E-state index contributed by atoms with van der Waals surface area (Å²) in [5.41, 5.74) is 0.461. The Bertz CT molecular complexity index is 546. The van der Waals surface area contributed by atoms with E-state index >= 15 is 0 Å². The van der Waals surface area contributed by atoms with Gasteiger partial charge in [0, 0.05) is 12.6 Å². The van der Waals surface area contributed by atoms with E-state index in [1.807, 2.05) is 13.0 Å². The quantitative estimate of drug-likeness (QED) is 0.716. The molecule has 126 valence electrons. The van der Waals surface area contributed by atoms with Gasteiger partial charge in [0.1, 0.15) is 12.4 Å². The lowest BCUT2D eigenvalue weighted by molar-refractivity contribution is -0.141. The molecule has 0 radical (unpaired) electrons. The van der Waals surface area contributed by atoms with Crippen LogP contribution in [0.3, 0.4) is 0 Å². The Hall–Kier alpha value is -2.08. The predicted molar refractivity (Wildman–Crippen MR) is 84.7 cm³/mol. The lowest BCUT2D eigenvalue weighted by Gasteiger charge is -2.15. The van der Waals surface area contributed by atoms with Gasteiger partial charge in [-0.05, 0) is 38.3 Å². The van der Waals surface area contributed by atoms with Crippen LogP contribution in [0, 0.1) is 5.92 Å². The van der Waals surface area contributed by atoms with Crippen molar-refractivity contribution in [2.45, 2.75) is 32.2 Å². The molecule has 1 aliphatic carbocycles. The first-order chi connectivity index (χ1) is 11.1. The summed E-state index contributed by atoms with van der Waals surface area (Å²) in [7, 11) is 0. The number of carbonyl (C=O) groups is 2. The highest BCUT2D eigenvalue weighted by Gasteiger charge is 2.31. The fourth-order valence-electron chi connectivity index (χ4n) is 2.74. The van der Waals surface area contributed by atoms with E-state index in [4.69, 9.17) is 14.6 Å². The smallest absolute Gasteiger partial charge is 0.306 e. The molecule has 1 aromatic carbocycles. The molecule has 0 saturated heterocycles. The third-order valence-electron chi connectivity index (χ3n) is 3.94. The normalized spacial score (nSPS) is 20.2. The Balaban J connectivity index is 1.93. The van der Waals surface area contributed by atoms with Crippen LogP contribution in [0.5, 0.6) is 5.75 Å². The zero-order valence-electron chi connectivity index (χ0n) is 13.3. The number of para-hydroxylation sites is 1. The maximum Gasteiger partial charge on any atom is 0.306 e. The van der Waals surface area contributed by atoms with Gasteiger partial charge in [0.25, 0.3) is 5.91 Å². The van der Waals surface area contributed by atoms with Crippen molar-refractivity contribution < 1.29 is 24.2 Å². The van der Waals surface area contributed by atoms with Gasteiger partial charge < -0.3 is 19.9 Å². The number of hydrogen-bond acceptors (Lipinski definition) is 4. The summed E-state index contributed by atoms with van der Waals surface area (Å²) in [6.07, 6.45) is 1.78. The summed E-state index contributed by atoms with van der Waals surface area (Å²) < 4.78 is 10.8. The maximum atomic E-state index is 12.4. The Kier molecular flexibility index (Phi) is 6.40. The van der Waals surface area contributed by atoms with Gasteiger partial charge in [-0.3, -0.25) is 9.59 Å². The van der Waals surface area contributed by atoms with Gasteiger partial charge in [-0.15, -0.1) is 0 Å². The minimum absolute atomic E-state index is 0.0971. The van der Waals surface area contributed by atoms with E-state index in [9.17, 15) is 9.59 Å². The number of nitrogens with one attached hydrogen (secondary N) is 1. The lowest BCUT2D eigenvalue weighted by atomic mass is 10.1. The highest BCUT2D eigenvalue weighted by atomic mass is 16.5. The number of amides is 1. The maximum absolute atomic E-state index is 12.4. The van der Waals surface area contributed by atoms with Crippen LogP contribution < -0.4 is 10.1 Å². The zero-order chi connectivity index (χ0) is 16.7. The number of hydrogen-bond donors (Lipinski definition) is 2. The van der Waals surface area contributed by atoms with Crippen LogP contribution in [0.15, 0.2) is 24.3 Å². The first kappa shape index (κ1) is 17.3. The third kappa shape index (κ3) is 4.96. The number of ether oxygens (including phenoxy) is 2. The molecule has 1 amide bonds. The number of aliphatic carboxylic acids is 1. The van der Waals surface area contributed by atoms with Crippen molar-refractivity contribution in [2.75, 3.05) is 19.8 Å². The Morgan fingerprint density at radius 2 is 2.04 bits per heavy atom. The lowest BCUT2D eigenvalue weighted by Crippen LogP contribution is -2.33. The number of rotatable bonds is 8. The monoisotopic (exact) mass is 321 g/mol. The summed E-state index contributed by atoms with van der Waals surface area (Å²) in [6, 6.07) is 6.94. The van der Waals surface area contributed by atoms with E-state index in [0.29, 0.717) is 50.4 Å². The fourth-order valence-corrected chi connectivity index (χ4v) is 2.74. The molecule has 0 bridgehead atoms. The second-order valence-corrected chi connectivity index (χ2v) is 5.56. The van der Waals surface area contributed by atoms with Gasteiger partial charge in [0.2, 0.25) is 0 Å². The van der Waals surface area contributed by atoms with Crippen LogP contribution in [-0.2, 0) is 9.53 Å². The number of carboxylic acid groups (broad SMARTS) is 1. The molecule has 23 heavy (non-hydrogen) atoms. The van der Waals surface area contributed by atoms with E-state index < -0.39 is 5.97 Å². The van der Waals surface area contributed by atoms with Crippen molar-refractivity contribution in [1.29, 1.82) is 0 Å². The average molecular weight is 321 g/mol. The van der Waals surface area contributed by atoms with Crippen LogP contribution in [0.1, 0.15) is 36.5 Å². The first-order valence-corrected chi connectivity index (χ1v) is 7.95. The van der Waals surface area contributed by atoms with Gasteiger partial charge in [0.05, 0.1) is 18.1 Å². The molecule has 2 N–H and O–H groups in total. The molecule has 1 aromatic rings. The van der Waals surface area contributed by atoms with E-state index in [1.165, 1.54) is 0 Å². The zero-order valence-corrected chi connectivity index (χ0v) is 13.3. The SMILES string of the molecule is CCOCCOc1ccccc1C(=O)N[C@@H]1CC[C@H](C(=O)O)C1. The van der Waals surface area contributed by atoms with Gasteiger partial charge in [0.15, 0.2) is 0 Å². The van der Waals surface area contributed by atoms with Crippen molar-refractivity contribution in [2.24, 2.45) is 5.92 Å².